The van der Waals surface area contributed by atoms with Crippen LogP contribution in [-0.2, 0) is 14.8 Å². The molecule has 3 rings (SSSR count). The Morgan fingerprint density at radius 1 is 0.931 bits per heavy atom. The van der Waals surface area contributed by atoms with Crippen molar-refractivity contribution >= 4 is 22.0 Å². The summed E-state index contributed by atoms with van der Waals surface area (Å²) < 4.78 is 27.7. The Hall–Kier alpha value is -2.13. The molecule has 29 heavy (non-hydrogen) atoms. The Morgan fingerprint density at radius 3 is 2.03 bits per heavy atom. The van der Waals surface area contributed by atoms with Gasteiger partial charge in [-0.3, -0.25) is 4.79 Å². The Morgan fingerprint density at radius 2 is 1.48 bits per heavy atom. The molecule has 8 nitrogen and oxygen atoms in total. The van der Waals surface area contributed by atoms with Crippen LogP contribution in [0.1, 0.15) is 25.7 Å². The highest BCUT2D eigenvalue weighted by atomic mass is 32.2. The first-order valence-electron chi connectivity index (χ1n) is 10.1. The van der Waals surface area contributed by atoms with Gasteiger partial charge in [-0.2, -0.15) is 0 Å². The maximum Gasteiger partial charge on any atom is 0.319 e. The molecule has 0 atom stereocenters. The first-order valence-corrected chi connectivity index (χ1v) is 11.6. The molecule has 1 aromatic rings. The molecule has 0 aliphatic carbocycles. The van der Waals surface area contributed by atoms with Crippen molar-refractivity contribution in [2.75, 3.05) is 40.3 Å². The van der Waals surface area contributed by atoms with Gasteiger partial charge in [-0.15, -0.1) is 0 Å². The number of nitrogens with one attached hydrogen (secondary N) is 1. The van der Waals surface area contributed by atoms with Crippen molar-refractivity contribution in [2.24, 2.45) is 5.92 Å². The lowest BCUT2D eigenvalue weighted by molar-refractivity contribution is -0.138. The number of nitrogens with zero attached hydrogens (tertiary/aromatic N) is 3. The summed E-state index contributed by atoms with van der Waals surface area (Å²) in [7, 11) is -0.0706. The second-order valence-electron chi connectivity index (χ2n) is 7.97. The predicted octanol–water partition coefficient (Wildman–Crippen LogP) is 1.35. The van der Waals surface area contributed by atoms with Gasteiger partial charge in [0.05, 0.1) is 4.90 Å². The highest BCUT2D eigenvalue weighted by Gasteiger charge is 2.33. The number of sulfonamides is 1. The van der Waals surface area contributed by atoms with Gasteiger partial charge in [0.15, 0.2) is 0 Å². The third-order valence-electron chi connectivity index (χ3n) is 5.68. The zero-order valence-corrected chi connectivity index (χ0v) is 17.9. The highest BCUT2D eigenvalue weighted by molar-refractivity contribution is 7.89. The van der Waals surface area contributed by atoms with Gasteiger partial charge in [-0.1, -0.05) is 18.2 Å². The summed E-state index contributed by atoms with van der Waals surface area (Å²) in [5.41, 5.74) is 0. The van der Waals surface area contributed by atoms with Gasteiger partial charge in [-0.25, -0.2) is 17.9 Å². The molecule has 2 heterocycles. The first-order chi connectivity index (χ1) is 13.8. The number of hydrogen-bond donors (Lipinski definition) is 1. The third kappa shape index (κ3) is 5.27. The van der Waals surface area contributed by atoms with Crippen LogP contribution in [0.4, 0.5) is 4.79 Å². The number of carbonyl (C=O) groups is 2. The minimum atomic E-state index is -3.53. The zero-order chi connectivity index (χ0) is 21.0. The molecule has 0 aromatic heterocycles. The third-order valence-corrected chi connectivity index (χ3v) is 7.22. The molecule has 3 amide bonds. The molecule has 0 spiro atoms. The van der Waals surface area contributed by atoms with Crippen molar-refractivity contribution < 1.29 is 18.0 Å². The molecule has 160 valence electrons. The van der Waals surface area contributed by atoms with Crippen LogP contribution in [0.5, 0.6) is 0 Å². The van der Waals surface area contributed by atoms with Crippen LogP contribution in [0.25, 0.3) is 0 Å². The van der Waals surface area contributed by atoms with Gasteiger partial charge in [-0.05, 0) is 37.8 Å². The Bertz CT molecular complexity index is 812. The van der Waals surface area contributed by atoms with Gasteiger partial charge in [0, 0.05) is 52.2 Å². The van der Waals surface area contributed by atoms with Crippen molar-refractivity contribution in [2.45, 2.75) is 36.6 Å². The Balaban J connectivity index is 1.47. The second kappa shape index (κ2) is 9.13. The van der Waals surface area contributed by atoms with Crippen LogP contribution in [-0.4, -0.2) is 81.4 Å². The molecule has 2 fully saturated rings. The van der Waals surface area contributed by atoms with E-state index in [0.717, 1.165) is 0 Å². The standard InChI is InChI=1S/C20H30N4O4S/c1-22(2)20(26)24-12-8-16(9-13-24)19(25)23-14-10-17(11-15-23)21-29(27,28)18-6-4-3-5-7-18/h3-7,16-17,21H,8-15H2,1-2H3. The van der Waals surface area contributed by atoms with E-state index in [1.165, 1.54) is 0 Å². The summed E-state index contributed by atoms with van der Waals surface area (Å²) in [5, 5.41) is 0. The molecule has 0 bridgehead atoms. The number of urea groups is 1. The number of benzene rings is 1. The van der Waals surface area contributed by atoms with Crippen molar-refractivity contribution in [3.63, 3.8) is 0 Å². The monoisotopic (exact) mass is 422 g/mol. The van der Waals surface area contributed by atoms with Gasteiger partial charge in [0.25, 0.3) is 0 Å². The smallest absolute Gasteiger partial charge is 0.319 e. The van der Waals surface area contributed by atoms with Crippen molar-refractivity contribution in [3.8, 4) is 0 Å². The normalized spacial score (nSPS) is 19.2. The molecule has 1 aromatic carbocycles. The fourth-order valence-corrected chi connectivity index (χ4v) is 5.29. The fraction of sp³-hybridized carbons (Fsp3) is 0.600. The lowest BCUT2D eigenvalue weighted by Crippen LogP contribution is -2.50. The molecule has 9 heteroatoms. The van der Waals surface area contributed by atoms with E-state index in [1.54, 1.807) is 54.2 Å². The number of amides is 3. The SMILES string of the molecule is CN(C)C(=O)N1CCC(C(=O)N2CCC(NS(=O)(=O)c3ccccc3)CC2)CC1. The molecular formula is C20H30N4O4S. The van der Waals surface area contributed by atoms with E-state index < -0.39 is 10.0 Å². The molecule has 1 N–H and O–H groups in total. The van der Waals surface area contributed by atoms with Crippen molar-refractivity contribution in [1.29, 1.82) is 0 Å². The summed E-state index contributed by atoms with van der Waals surface area (Å²) in [6, 6.07) is 8.17. The summed E-state index contributed by atoms with van der Waals surface area (Å²) in [6.07, 6.45) is 2.57. The number of carbonyl (C=O) groups excluding carboxylic acids is 2. The average Bonchev–Trinajstić information content (AvgIpc) is 2.73. The van der Waals surface area contributed by atoms with Crippen LogP contribution in [0.15, 0.2) is 35.2 Å². The van der Waals surface area contributed by atoms with E-state index in [1.807, 2.05) is 4.90 Å². The Kier molecular flexibility index (Phi) is 6.79. The maximum absolute atomic E-state index is 12.9. The molecule has 2 aliphatic rings. The quantitative estimate of drug-likeness (QED) is 0.793. The zero-order valence-electron chi connectivity index (χ0n) is 17.1. The number of piperidine rings is 2. The van der Waals surface area contributed by atoms with Crippen LogP contribution in [0.3, 0.4) is 0 Å². The maximum atomic E-state index is 12.9. The molecule has 0 radical (unpaired) electrons. The summed E-state index contributed by atoms with van der Waals surface area (Å²) in [4.78, 5) is 30.3. The minimum Gasteiger partial charge on any atom is -0.342 e. The van der Waals surface area contributed by atoms with Crippen LogP contribution < -0.4 is 4.72 Å². The largest absolute Gasteiger partial charge is 0.342 e. The van der Waals surface area contributed by atoms with Gasteiger partial charge >= 0.3 is 6.03 Å². The van der Waals surface area contributed by atoms with Gasteiger partial charge < -0.3 is 14.7 Å². The van der Waals surface area contributed by atoms with Crippen LogP contribution in [0.2, 0.25) is 0 Å². The highest BCUT2D eigenvalue weighted by Crippen LogP contribution is 2.23. The lowest BCUT2D eigenvalue weighted by atomic mass is 9.94. The molecule has 0 saturated carbocycles. The first kappa shape index (κ1) is 21.6. The fourth-order valence-electron chi connectivity index (χ4n) is 3.96. The topological polar surface area (TPSA) is 90.0 Å². The molecule has 2 saturated heterocycles. The van der Waals surface area contributed by atoms with Crippen molar-refractivity contribution in [1.82, 2.24) is 19.4 Å². The number of likely N-dealkylation sites (tertiary alicyclic amines) is 2. The summed E-state index contributed by atoms with van der Waals surface area (Å²) in [6.45, 7) is 2.30. The van der Waals surface area contributed by atoms with E-state index in [2.05, 4.69) is 4.72 Å². The molecular weight excluding hydrogens is 392 g/mol. The lowest BCUT2D eigenvalue weighted by Gasteiger charge is -2.37. The van der Waals surface area contributed by atoms with E-state index in [-0.39, 0.29) is 28.8 Å². The van der Waals surface area contributed by atoms with E-state index in [9.17, 15) is 18.0 Å². The molecule has 0 unspecified atom stereocenters. The number of hydrogen-bond acceptors (Lipinski definition) is 4. The molecule has 2 aliphatic heterocycles. The van der Waals surface area contributed by atoms with Crippen molar-refractivity contribution in [3.05, 3.63) is 30.3 Å². The summed E-state index contributed by atoms with van der Waals surface area (Å²) in [5.74, 6) is 0.0742. The minimum absolute atomic E-state index is 0.0117. The number of rotatable bonds is 4. The van der Waals surface area contributed by atoms with Crippen LogP contribution >= 0.6 is 0 Å². The Labute approximate surface area is 172 Å². The van der Waals surface area contributed by atoms with E-state index in [4.69, 9.17) is 0 Å². The predicted molar refractivity (Wildman–Crippen MR) is 110 cm³/mol. The van der Waals surface area contributed by atoms with Gasteiger partial charge in [0.2, 0.25) is 15.9 Å². The second-order valence-corrected chi connectivity index (χ2v) is 9.69. The summed E-state index contributed by atoms with van der Waals surface area (Å²) >= 11 is 0. The van der Waals surface area contributed by atoms with E-state index >= 15 is 0 Å². The average molecular weight is 423 g/mol. The van der Waals surface area contributed by atoms with E-state index in [0.29, 0.717) is 51.9 Å². The van der Waals surface area contributed by atoms with Gasteiger partial charge in [0.1, 0.15) is 0 Å². The van der Waals surface area contributed by atoms with Crippen LogP contribution in [0, 0.1) is 5.92 Å².